The fourth-order valence-electron chi connectivity index (χ4n) is 2.82. The molecule has 0 aliphatic heterocycles. The van der Waals surface area contributed by atoms with E-state index in [1.54, 1.807) is 37.3 Å². The lowest BCUT2D eigenvalue weighted by Crippen LogP contribution is -2.19. The Morgan fingerprint density at radius 1 is 1.14 bits per heavy atom. The molecule has 7 nitrogen and oxygen atoms in total. The van der Waals surface area contributed by atoms with Gasteiger partial charge in [0.1, 0.15) is 11.5 Å². The zero-order valence-electron chi connectivity index (χ0n) is 15.7. The van der Waals surface area contributed by atoms with E-state index in [4.69, 9.17) is 14.0 Å². The van der Waals surface area contributed by atoms with Gasteiger partial charge >= 0.3 is 5.97 Å². The maximum atomic E-state index is 12.5. The SMILES string of the molecule is Cc1cc(-n2c(C)cc(C(=O)COC(=O)COc3cccc(Br)c3)c2C)no1. The van der Waals surface area contributed by atoms with Crippen molar-refractivity contribution in [3.05, 3.63) is 63.6 Å². The third-order valence-electron chi connectivity index (χ3n) is 4.09. The Morgan fingerprint density at radius 3 is 2.61 bits per heavy atom. The molecule has 0 saturated heterocycles. The van der Waals surface area contributed by atoms with Crippen LogP contribution in [0, 0.1) is 20.8 Å². The second kappa shape index (κ2) is 8.43. The van der Waals surface area contributed by atoms with Gasteiger partial charge in [-0.25, -0.2) is 4.79 Å². The minimum absolute atomic E-state index is 0.277. The second-order valence-corrected chi connectivity index (χ2v) is 7.16. The molecule has 0 unspecified atom stereocenters. The smallest absolute Gasteiger partial charge is 0.344 e. The molecule has 2 heterocycles. The number of ketones is 1. The van der Waals surface area contributed by atoms with Gasteiger partial charge in [0.05, 0.1) is 0 Å². The number of carbonyl (C=O) groups excluding carboxylic acids is 2. The number of Topliss-reactive ketones (excluding diaryl/α,β-unsaturated/α-hetero) is 1. The topological polar surface area (TPSA) is 83.6 Å². The summed E-state index contributed by atoms with van der Waals surface area (Å²) >= 11 is 3.32. The van der Waals surface area contributed by atoms with Gasteiger partial charge in [-0.1, -0.05) is 27.2 Å². The summed E-state index contributed by atoms with van der Waals surface area (Å²) in [6, 6.07) is 10.6. The van der Waals surface area contributed by atoms with Crippen LogP contribution in [-0.2, 0) is 9.53 Å². The van der Waals surface area contributed by atoms with Crippen molar-refractivity contribution in [2.24, 2.45) is 0 Å². The van der Waals surface area contributed by atoms with Gasteiger partial charge in [-0.15, -0.1) is 0 Å². The Hall–Kier alpha value is -2.87. The Labute approximate surface area is 170 Å². The van der Waals surface area contributed by atoms with E-state index in [0.717, 1.165) is 10.2 Å². The van der Waals surface area contributed by atoms with Crippen LogP contribution in [0.5, 0.6) is 5.75 Å². The summed E-state index contributed by atoms with van der Waals surface area (Å²) in [5.41, 5.74) is 2.01. The Bertz CT molecular complexity index is 1020. The maximum absolute atomic E-state index is 12.5. The van der Waals surface area contributed by atoms with Gasteiger partial charge in [-0.2, -0.15) is 0 Å². The molecule has 3 rings (SSSR count). The van der Waals surface area contributed by atoms with E-state index < -0.39 is 5.97 Å². The molecular formula is C20H19BrN2O5. The normalized spacial score (nSPS) is 10.7. The molecular weight excluding hydrogens is 428 g/mol. The molecule has 0 spiro atoms. The van der Waals surface area contributed by atoms with Gasteiger partial charge in [-0.3, -0.25) is 9.36 Å². The van der Waals surface area contributed by atoms with Crippen LogP contribution in [0.2, 0.25) is 0 Å². The first-order valence-electron chi connectivity index (χ1n) is 8.55. The summed E-state index contributed by atoms with van der Waals surface area (Å²) in [5, 5.41) is 3.99. The monoisotopic (exact) mass is 446 g/mol. The van der Waals surface area contributed by atoms with Crippen LogP contribution in [0.25, 0.3) is 5.82 Å². The van der Waals surface area contributed by atoms with Gasteiger partial charge in [-0.05, 0) is 45.0 Å². The number of aryl methyl sites for hydroxylation is 2. The van der Waals surface area contributed by atoms with Crippen LogP contribution in [0.15, 0.2) is 45.4 Å². The largest absolute Gasteiger partial charge is 0.482 e. The van der Waals surface area contributed by atoms with Gasteiger partial charge < -0.3 is 14.0 Å². The van der Waals surface area contributed by atoms with Crippen LogP contribution >= 0.6 is 15.9 Å². The molecule has 0 fully saturated rings. The second-order valence-electron chi connectivity index (χ2n) is 6.25. The summed E-state index contributed by atoms with van der Waals surface area (Å²) in [5.74, 6) is 0.898. The first kappa shape index (κ1) is 19.9. The van der Waals surface area contributed by atoms with Gasteiger partial charge in [0, 0.05) is 27.5 Å². The molecule has 0 aliphatic rings. The number of aromatic nitrogens is 2. The molecule has 8 heteroatoms. The first-order chi connectivity index (χ1) is 13.3. The molecule has 0 saturated carbocycles. The Kier molecular flexibility index (Phi) is 5.99. The average molecular weight is 447 g/mol. The van der Waals surface area contributed by atoms with E-state index in [2.05, 4.69) is 21.1 Å². The first-order valence-corrected chi connectivity index (χ1v) is 9.34. The summed E-state index contributed by atoms with van der Waals surface area (Å²) in [6.07, 6.45) is 0. The van der Waals surface area contributed by atoms with E-state index in [-0.39, 0.29) is 19.0 Å². The molecule has 0 atom stereocenters. The Balaban J connectivity index is 1.60. The van der Waals surface area contributed by atoms with Crippen molar-refractivity contribution in [3.8, 4) is 11.6 Å². The quantitative estimate of drug-likeness (QED) is 0.403. The minimum Gasteiger partial charge on any atom is -0.482 e. The van der Waals surface area contributed by atoms with E-state index in [1.165, 1.54) is 0 Å². The van der Waals surface area contributed by atoms with E-state index in [9.17, 15) is 9.59 Å². The third-order valence-corrected chi connectivity index (χ3v) is 4.59. The van der Waals surface area contributed by atoms with Crippen molar-refractivity contribution >= 4 is 27.7 Å². The van der Waals surface area contributed by atoms with E-state index in [1.807, 2.05) is 24.5 Å². The predicted octanol–water partition coefficient (Wildman–Crippen LogP) is 3.96. The van der Waals surface area contributed by atoms with Crippen molar-refractivity contribution in [2.75, 3.05) is 13.2 Å². The number of hydrogen-bond donors (Lipinski definition) is 0. The zero-order chi connectivity index (χ0) is 20.3. The van der Waals surface area contributed by atoms with E-state index in [0.29, 0.717) is 28.6 Å². The lowest BCUT2D eigenvalue weighted by molar-refractivity contribution is -0.144. The van der Waals surface area contributed by atoms with Crippen LogP contribution in [0.4, 0.5) is 0 Å². The number of nitrogens with zero attached hydrogens (tertiary/aromatic N) is 2. The molecule has 1 aromatic carbocycles. The molecule has 146 valence electrons. The maximum Gasteiger partial charge on any atom is 0.344 e. The minimum atomic E-state index is -0.616. The molecule has 3 aromatic rings. The number of esters is 1. The molecule has 2 aromatic heterocycles. The van der Waals surface area contributed by atoms with E-state index >= 15 is 0 Å². The number of carbonyl (C=O) groups is 2. The highest BCUT2D eigenvalue weighted by molar-refractivity contribution is 9.10. The average Bonchev–Trinajstić information content (AvgIpc) is 3.20. The van der Waals surface area contributed by atoms with Crippen LogP contribution in [-0.4, -0.2) is 34.7 Å². The van der Waals surface area contributed by atoms with Gasteiger partial charge in [0.15, 0.2) is 19.0 Å². The molecule has 0 radical (unpaired) electrons. The number of hydrogen-bond acceptors (Lipinski definition) is 6. The fourth-order valence-corrected chi connectivity index (χ4v) is 3.20. The lowest BCUT2D eigenvalue weighted by atomic mass is 10.1. The molecule has 0 bridgehead atoms. The zero-order valence-corrected chi connectivity index (χ0v) is 17.3. The lowest BCUT2D eigenvalue weighted by Gasteiger charge is -2.07. The summed E-state index contributed by atoms with van der Waals surface area (Å²) in [6.45, 7) is 4.84. The molecule has 0 N–H and O–H groups in total. The van der Waals surface area contributed by atoms with Crippen molar-refractivity contribution in [1.82, 2.24) is 9.72 Å². The predicted molar refractivity (Wildman–Crippen MR) is 105 cm³/mol. The van der Waals surface area contributed by atoms with Crippen molar-refractivity contribution in [2.45, 2.75) is 20.8 Å². The van der Waals surface area contributed by atoms with Crippen molar-refractivity contribution in [3.63, 3.8) is 0 Å². The van der Waals surface area contributed by atoms with Crippen LogP contribution in [0.1, 0.15) is 27.5 Å². The highest BCUT2D eigenvalue weighted by atomic mass is 79.9. The standard InChI is InChI=1S/C20H19BrN2O5/c1-12-7-17(14(3)23(12)19-8-13(2)28-22-19)18(24)10-27-20(25)11-26-16-6-4-5-15(21)9-16/h4-9H,10-11H2,1-3H3. The fraction of sp³-hybridized carbons (Fsp3) is 0.250. The molecule has 0 aliphatic carbocycles. The molecule has 0 amide bonds. The summed E-state index contributed by atoms with van der Waals surface area (Å²) in [4.78, 5) is 24.4. The summed E-state index contributed by atoms with van der Waals surface area (Å²) in [7, 11) is 0. The van der Waals surface area contributed by atoms with Gasteiger partial charge in [0.25, 0.3) is 0 Å². The van der Waals surface area contributed by atoms with Crippen molar-refractivity contribution in [1.29, 1.82) is 0 Å². The van der Waals surface area contributed by atoms with Gasteiger partial charge in [0.2, 0.25) is 5.78 Å². The number of halogens is 1. The summed E-state index contributed by atoms with van der Waals surface area (Å²) < 4.78 is 18.2. The highest BCUT2D eigenvalue weighted by Gasteiger charge is 2.19. The van der Waals surface area contributed by atoms with Crippen LogP contribution in [0.3, 0.4) is 0 Å². The number of ether oxygens (including phenoxy) is 2. The van der Waals surface area contributed by atoms with Crippen molar-refractivity contribution < 1.29 is 23.6 Å². The Morgan fingerprint density at radius 2 is 1.93 bits per heavy atom. The highest BCUT2D eigenvalue weighted by Crippen LogP contribution is 2.21. The number of rotatable bonds is 7. The number of benzene rings is 1. The molecule has 28 heavy (non-hydrogen) atoms. The van der Waals surface area contributed by atoms with Crippen LogP contribution < -0.4 is 4.74 Å². The third kappa shape index (κ3) is 4.51.